The van der Waals surface area contributed by atoms with Crippen LogP contribution in [0.4, 0.5) is 11.5 Å². The summed E-state index contributed by atoms with van der Waals surface area (Å²) >= 11 is 0. The van der Waals surface area contributed by atoms with E-state index in [1.165, 1.54) is 31.9 Å². The van der Waals surface area contributed by atoms with Crippen molar-refractivity contribution in [3.8, 4) is 0 Å². The zero-order valence-electron chi connectivity index (χ0n) is 10.8. The molecule has 1 unspecified atom stereocenters. The van der Waals surface area contributed by atoms with Crippen LogP contribution in [0.1, 0.15) is 38.2 Å². The van der Waals surface area contributed by atoms with Crippen LogP contribution in [0.5, 0.6) is 0 Å². The minimum Gasteiger partial charge on any atom is -0.367 e. The molecule has 1 atom stereocenters. The maximum absolute atomic E-state index is 10.6. The Balaban J connectivity index is 2.06. The SMILES string of the molecule is Cc1cc([N+](=O)[O-])cnc1NC(C)C1CCCC1. The van der Waals surface area contributed by atoms with E-state index < -0.39 is 4.92 Å². The summed E-state index contributed by atoms with van der Waals surface area (Å²) in [6.07, 6.45) is 6.46. The lowest BCUT2D eigenvalue weighted by molar-refractivity contribution is -0.385. The molecule has 0 spiro atoms. The van der Waals surface area contributed by atoms with Gasteiger partial charge in [0.15, 0.2) is 0 Å². The van der Waals surface area contributed by atoms with Gasteiger partial charge in [-0.05, 0) is 38.2 Å². The molecule has 18 heavy (non-hydrogen) atoms. The summed E-state index contributed by atoms with van der Waals surface area (Å²) in [5, 5.41) is 14.0. The van der Waals surface area contributed by atoms with E-state index in [9.17, 15) is 10.1 Å². The number of nitro groups is 1. The molecule has 0 radical (unpaired) electrons. The third-order valence-corrected chi connectivity index (χ3v) is 3.75. The Morgan fingerprint density at radius 1 is 1.50 bits per heavy atom. The summed E-state index contributed by atoms with van der Waals surface area (Å²) in [7, 11) is 0. The molecule has 1 fully saturated rings. The lowest BCUT2D eigenvalue weighted by atomic mass is 10.00. The van der Waals surface area contributed by atoms with E-state index in [0.717, 1.165) is 11.4 Å². The molecule has 1 aromatic heterocycles. The highest BCUT2D eigenvalue weighted by molar-refractivity contribution is 5.48. The maximum Gasteiger partial charge on any atom is 0.287 e. The number of nitrogens with zero attached hydrogens (tertiary/aromatic N) is 2. The quantitative estimate of drug-likeness (QED) is 0.656. The molecule has 0 saturated heterocycles. The largest absolute Gasteiger partial charge is 0.367 e. The van der Waals surface area contributed by atoms with Gasteiger partial charge in [0.2, 0.25) is 0 Å². The van der Waals surface area contributed by atoms with Gasteiger partial charge in [0.1, 0.15) is 12.0 Å². The first-order valence-corrected chi connectivity index (χ1v) is 6.45. The van der Waals surface area contributed by atoms with Crippen molar-refractivity contribution in [1.29, 1.82) is 0 Å². The number of hydrogen-bond donors (Lipinski definition) is 1. The van der Waals surface area contributed by atoms with Crippen molar-refractivity contribution in [2.24, 2.45) is 5.92 Å². The fraction of sp³-hybridized carbons (Fsp3) is 0.615. The lowest BCUT2D eigenvalue weighted by Gasteiger charge is -2.21. The fourth-order valence-electron chi connectivity index (χ4n) is 2.60. The molecular formula is C13H19N3O2. The number of hydrogen-bond acceptors (Lipinski definition) is 4. The van der Waals surface area contributed by atoms with E-state index >= 15 is 0 Å². The van der Waals surface area contributed by atoms with Crippen LogP contribution >= 0.6 is 0 Å². The van der Waals surface area contributed by atoms with Gasteiger partial charge < -0.3 is 5.32 Å². The Kier molecular flexibility index (Phi) is 3.79. The number of aryl methyl sites for hydroxylation is 1. The zero-order chi connectivity index (χ0) is 13.1. The van der Waals surface area contributed by atoms with Gasteiger partial charge in [0, 0.05) is 12.1 Å². The Morgan fingerprint density at radius 2 is 2.17 bits per heavy atom. The van der Waals surface area contributed by atoms with Crippen LogP contribution < -0.4 is 5.32 Å². The third kappa shape index (κ3) is 2.78. The molecule has 1 aliphatic rings. The molecule has 1 heterocycles. The van der Waals surface area contributed by atoms with Crippen LogP contribution in [-0.2, 0) is 0 Å². The Morgan fingerprint density at radius 3 is 2.72 bits per heavy atom. The van der Waals surface area contributed by atoms with Crippen LogP contribution in [0.15, 0.2) is 12.3 Å². The van der Waals surface area contributed by atoms with E-state index in [4.69, 9.17) is 0 Å². The van der Waals surface area contributed by atoms with Crippen molar-refractivity contribution < 1.29 is 4.92 Å². The first-order valence-electron chi connectivity index (χ1n) is 6.45. The van der Waals surface area contributed by atoms with Crippen molar-refractivity contribution in [1.82, 2.24) is 4.98 Å². The molecule has 0 aliphatic heterocycles. The van der Waals surface area contributed by atoms with Gasteiger partial charge in [0.25, 0.3) is 5.69 Å². The number of aromatic nitrogens is 1. The topological polar surface area (TPSA) is 68.1 Å². The smallest absolute Gasteiger partial charge is 0.287 e. The molecule has 0 amide bonds. The second kappa shape index (κ2) is 5.33. The minimum absolute atomic E-state index is 0.0477. The standard InChI is InChI=1S/C13H19N3O2/c1-9-7-12(16(17)18)8-14-13(9)15-10(2)11-5-3-4-6-11/h7-8,10-11H,3-6H2,1-2H3,(H,14,15). The van der Waals surface area contributed by atoms with Gasteiger partial charge >= 0.3 is 0 Å². The second-order valence-corrected chi connectivity index (χ2v) is 5.09. The van der Waals surface area contributed by atoms with E-state index in [2.05, 4.69) is 17.2 Å². The highest BCUT2D eigenvalue weighted by atomic mass is 16.6. The van der Waals surface area contributed by atoms with Crippen molar-refractivity contribution in [3.63, 3.8) is 0 Å². The average Bonchev–Trinajstić information content (AvgIpc) is 2.85. The molecule has 0 aromatic carbocycles. The van der Waals surface area contributed by atoms with Gasteiger partial charge in [-0.3, -0.25) is 10.1 Å². The molecule has 5 heteroatoms. The van der Waals surface area contributed by atoms with Crippen molar-refractivity contribution >= 4 is 11.5 Å². The molecular weight excluding hydrogens is 230 g/mol. The first kappa shape index (κ1) is 12.8. The van der Waals surface area contributed by atoms with Gasteiger partial charge in [0.05, 0.1) is 4.92 Å². The van der Waals surface area contributed by atoms with Crippen molar-refractivity contribution in [2.45, 2.75) is 45.6 Å². The normalized spacial score (nSPS) is 17.7. The van der Waals surface area contributed by atoms with Crippen molar-refractivity contribution in [3.05, 3.63) is 27.9 Å². The zero-order valence-corrected chi connectivity index (χ0v) is 10.8. The van der Waals surface area contributed by atoms with Crippen molar-refractivity contribution in [2.75, 3.05) is 5.32 Å². The Labute approximate surface area is 107 Å². The highest BCUT2D eigenvalue weighted by Crippen LogP contribution is 2.29. The predicted octanol–water partition coefficient (Wildman–Crippen LogP) is 3.29. The van der Waals surface area contributed by atoms with Crippen LogP contribution in [0, 0.1) is 23.0 Å². The molecule has 1 aromatic rings. The summed E-state index contributed by atoms with van der Waals surface area (Å²) in [5.74, 6) is 1.46. The molecule has 0 bridgehead atoms. The minimum atomic E-state index is -0.413. The summed E-state index contributed by atoms with van der Waals surface area (Å²) in [5.41, 5.74) is 0.876. The summed E-state index contributed by atoms with van der Waals surface area (Å²) in [4.78, 5) is 14.4. The molecule has 98 valence electrons. The second-order valence-electron chi connectivity index (χ2n) is 5.09. The number of rotatable bonds is 4. The summed E-state index contributed by atoms with van der Waals surface area (Å²) in [6, 6.07) is 1.94. The Hall–Kier alpha value is -1.65. The van der Waals surface area contributed by atoms with Gasteiger partial charge in [-0.15, -0.1) is 0 Å². The van der Waals surface area contributed by atoms with Crippen LogP contribution in [-0.4, -0.2) is 15.9 Å². The summed E-state index contributed by atoms with van der Waals surface area (Å²) in [6.45, 7) is 4.02. The first-order chi connectivity index (χ1) is 8.58. The molecule has 1 aliphatic carbocycles. The van der Waals surface area contributed by atoms with E-state index in [1.54, 1.807) is 6.07 Å². The van der Waals surface area contributed by atoms with Gasteiger partial charge in [-0.1, -0.05) is 12.8 Å². The van der Waals surface area contributed by atoms with Gasteiger partial charge in [-0.2, -0.15) is 0 Å². The molecule has 2 rings (SSSR count). The third-order valence-electron chi connectivity index (χ3n) is 3.75. The monoisotopic (exact) mass is 249 g/mol. The van der Waals surface area contributed by atoms with E-state index in [-0.39, 0.29) is 5.69 Å². The molecule has 1 N–H and O–H groups in total. The lowest BCUT2D eigenvalue weighted by Crippen LogP contribution is -2.24. The maximum atomic E-state index is 10.6. The number of nitrogens with one attached hydrogen (secondary N) is 1. The number of anilines is 1. The molecule has 1 saturated carbocycles. The van der Waals surface area contributed by atoms with Gasteiger partial charge in [-0.25, -0.2) is 4.98 Å². The Bertz CT molecular complexity index is 442. The van der Waals surface area contributed by atoms with E-state index in [1.807, 2.05) is 6.92 Å². The summed E-state index contributed by atoms with van der Waals surface area (Å²) < 4.78 is 0. The van der Waals surface area contributed by atoms with E-state index in [0.29, 0.717) is 12.0 Å². The number of pyridine rings is 1. The molecule has 5 nitrogen and oxygen atoms in total. The highest BCUT2D eigenvalue weighted by Gasteiger charge is 2.22. The van der Waals surface area contributed by atoms with Crippen LogP contribution in [0.25, 0.3) is 0 Å². The van der Waals surface area contributed by atoms with Crippen LogP contribution in [0.2, 0.25) is 0 Å². The average molecular weight is 249 g/mol. The van der Waals surface area contributed by atoms with Crippen LogP contribution in [0.3, 0.4) is 0 Å². The predicted molar refractivity (Wildman–Crippen MR) is 70.7 cm³/mol. The fourth-order valence-corrected chi connectivity index (χ4v) is 2.60.